The van der Waals surface area contributed by atoms with Crippen molar-refractivity contribution in [3.05, 3.63) is 47.7 Å². The zero-order valence-corrected chi connectivity index (χ0v) is 11.9. The fraction of sp³-hybridized carbons (Fsp3) is 0.312. The van der Waals surface area contributed by atoms with Crippen LogP contribution in [0.1, 0.15) is 31.9 Å². The minimum atomic E-state index is 0.0261. The van der Waals surface area contributed by atoms with Crippen LogP contribution in [0.2, 0.25) is 0 Å². The van der Waals surface area contributed by atoms with Crippen molar-refractivity contribution in [2.75, 3.05) is 5.73 Å². The topological polar surface area (TPSA) is 48.1 Å². The predicted molar refractivity (Wildman–Crippen MR) is 78.6 cm³/mol. The van der Waals surface area contributed by atoms with Crippen LogP contribution in [-0.4, -0.2) is 4.98 Å². The second kappa shape index (κ2) is 4.92. The van der Waals surface area contributed by atoms with Crippen LogP contribution < -0.4 is 10.5 Å². The van der Waals surface area contributed by atoms with Gasteiger partial charge in [0, 0.05) is 11.1 Å². The average Bonchev–Trinajstić information content (AvgIpc) is 2.32. The molecule has 0 spiro atoms. The first-order chi connectivity index (χ1) is 8.88. The van der Waals surface area contributed by atoms with Gasteiger partial charge in [0.2, 0.25) is 5.88 Å². The third-order valence-electron chi connectivity index (χ3n) is 2.95. The van der Waals surface area contributed by atoms with Gasteiger partial charge >= 0.3 is 0 Å². The molecule has 100 valence electrons. The summed E-state index contributed by atoms with van der Waals surface area (Å²) in [6.07, 6.45) is 1.61. The maximum absolute atomic E-state index is 5.96. The van der Waals surface area contributed by atoms with Gasteiger partial charge in [0.05, 0.1) is 11.9 Å². The van der Waals surface area contributed by atoms with Gasteiger partial charge in [-0.1, -0.05) is 39.0 Å². The third-order valence-corrected chi connectivity index (χ3v) is 2.95. The zero-order valence-electron chi connectivity index (χ0n) is 11.9. The standard InChI is InChI=1S/C16H20N2O/c1-11-9-12(17)10-18-15(11)19-14-8-6-5-7-13(14)16(2,3)4/h5-10H,17H2,1-4H3. The van der Waals surface area contributed by atoms with E-state index in [4.69, 9.17) is 10.5 Å². The molecular weight excluding hydrogens is 236 g/mol. The number of nitrogens with two attached hydrogens (primary N) is 1. The van der Waals surface area contributed by atoms with Crippen LogP contribution in [0.3, 0.4) is 0 Å². The van der Waals surface area contributed by atoms with Crippen molar-refractivity contribution in [1.29, 1.82) is 0 Å². The first-order valence-electron chi connectivity index (χ1n) is 6.37. The van der Waals surface area contributed by atoms with E-state index in [1.165, 1.54) is 0 Å². The summed E-state index contributed by atoms with van der Waals surface area (Å²) < 4.78 is 5.96. The molecule has 0 aliphatic carbocycles. The lowest BCUT2D eigenvalue weighted by molar-refractivity contribution is 0.437. The number of rotatable bonds is 2. The number of nitrogens with zero attached hydrogens (tertiary/aromatic N) is 1. The highest BCUT2D eigenvalue weighted by Crippen LogP contribution is 2.34. The zero-order chi connectivity index (χ0) is 14.0. The summed E-state index contributed by atoms with van der Waals surface area (Å²) in [6.45, 7) is 8.44. The van der Waals surface area contributed by atoms with Crippen molar-refractivity contribution < 1.29 is 4.74 Å². The van der Waals surface area contributed by atoms with E-state index in [1.807, 2.05) is 31.2 Å². The number of para-hydroxylation sites is 1. The number of ether oxygens (including phenoxy) is 1. The number of hydrogen-bond acceptors (Lipinski definition) is 3. The highest BCUT2D eigenvalue weighted by Gasteiger charge is 2.19. The van der Waals surface area contributed by atoms with E-state index in [2.05, 4.69) is 31.8 Å². The lowest BCUT2D eigenvalue weighted by Crippen LogP contribution is -2.12. The number of nitrogen functional groups attached to an aromatic ring is 1. The summed E-state index contributed by atoms with van der Waals surface area (Å²) in [5.41, 5.74) is 8.47. The summed E-state index contributed by atoms with van der Waals surface area (Å²) in [7, 11) is 0. The molecule has 1 aromatic carbocycles. The monoisotopic (exact) mass is 256 g/mol. The van der Waals surface area contributed by atoms with Gasteiger partial charge in [-0.05, 0) is 24.5 Å². The molecule has 0 fully saturated rings. The Bertz CT molecular complexity index is 586. The smallest absolute Gasteiger partial charge is 0.222 e. The Morgan fingerprint density at radius 3 is 2.47 bits per heavy atom. The Labute approximate surface area is 114 Å². The number of aromatic nitrogens is 1. The van der Waals surface area contributed by atoms with Crippen LogP contribution in [0, 0.1) is 6.92 Å². The molecule has 19 heavy (non-hydrogen) atoms. The summed E-state index contributed by atoms with van der Waals surface area (Å²) >= 11 is 0. The molecule has 2 aromatic rings. The highest BCUT2D eigenvalue weighted by atomic mass is 16.5. The Balaban J connectivity index is 2.39. The van der Waals surface area contributed by atoms with Crippen molar-refractivity contribution in [3.8, 4) is 11.6 Å². The van der Waals surface area contributed by atoms with Crippen molar-refractivity contribution in [2.24, 2.45) is 0 Å². The second-order valence-electron chi connectivity index (χ2n) is 5.74. The van der Waals surface area contributed by atoms with Crippen molar-refractivity contribution in [3.63, 3.8) is 0 Å². The number of aryl methyl sites for hydroxylation is 1. The lowest BCUT2D eigenvalue weighted by atomic mass is 9.86. The van der Waals surface area contributed by atoms with Crippen molar-refractivity contribution in [1.82, 2.24) is 4.98 Å². The molecule has 1 heterocycles. The summed E-state index contributed by atoms with van der Waals surface area (Å²) in [4.78, 5) is 4.25. The first-order valence-corrected chi connectivity index (χ1v) is 6.37. The van der Waals surface area contributed by atoms with Crippen molar-refractivity contribution in [2.45, 2.75) is 33.1 Å². The minimum absolute atomic E-state index is 0.0261. The molecule has 0 aliphatic rings. The summed E-state index contributed by atoms with van der Waals surface area (Å²) in [5.74, 6) is 1.45. The lowest BCUT2D eigenvalue weighted by Gasteiger charge is -2.22. The fourth-order valence-corrected chi connectivity index (χ4v) is 1.97. The van der Waals surface area contributed by atoms with Gasteiger partial charge in [-0.2, -0.15) is 0 Å². The molecule has 0 saturated heterocycles. The van der Waals surface area contributed by atoms with Gasteiger partial charge in [-0.15, -0.1) is 0 Å². The molecule has 0 aliphatic heterocycles. The maximum Gasteiger partial charge on any atom is 0.222 e. The quantitative estimate of drug-likeness (QED) is 0.881. The van der Waals surface area contributed by atoms with E-state index in [-0.39, 0.29) is 5.41 Å². The van der Waals surface area contributed by atoms with Gasteiger partial charge in [-0.25, -0.2) is 4.98 Å². The van der Waals surface area contributed by atoms with Gasteiger partial charge < -0.3 is 10.5 Å². The highest BCUT2D eigenvalue weighted by molar-refractivity contribution is 5.45. The molecular formula is C16H20N2O. The fourth-order valence-electron chi connectivity index (χ4n) is 1.97. The number of pyridine rings is 1. The van der Waals surface area contributed by atoms with Crippen LogP contribution in [0.25, 0.3) is 0 Å². The van der Waals surface area contributed by atoms with E-state index in [1.54, 1.807) is 6.20 Å². The van der Waals surface area contributed by atoms with Gasteiger partial charge in [-0.3, -0.25) is 0 Å². The normalized spacial score (nSPS) is 11.4. The number of anilines is 1. The number of benzene rings is 1. The molecule has 0 amide bonds. The molecule has 2 rings (SSSR count). The SMILES string of the molecule is Cc1cc(N)cnc1Oc1ccccc1C(C)(C)C. The average molecular weight is 256 g/mol. The van der Waals surface area contributed by atoms with Gasteiger partial charge in [0.25, 0.3) is 0 Å². The molecule has 2 N–H and O–H groups in total. The largest absolute Gasteiger partial charge is 0.438 e. The van der Waals surface area contributed by atoms with Crippen LogP contribution in [-0.2, 0) is 5.41 Å². The molecule has 0 saturated carbocycles. The first kappa shape index (κ1) is 13.4. The Hall–Kier alpha value is -2.03. The molecule has 3 nitrogen and oxygen atoms in total. The van der Waals surface area contributed by atoms with E-state index in [0.717, 1.165) is 16.9 Å². The predicted octanol–water partition coefficient (Wildman–Crippen LogP) is 4.06. The van der Waals surface area contributed by atoms with E-state index in [0.29, 0.717) is 11.6 Å². The van der Waals surface area contributed by atoms with E-state index in [9.17, 15) is 0 Å². The summed E-state index contributed by atoms with van der Waals surface area (Å²) in [5, 5.41) is 0. The maximum atomic E-state index is 5.96. The van der Waals surface area contributed by atoms with Crippen LogP contribution >= 0.6 is 0 Å². The van der Waals surface area contributed by atoms with Crippen LogP contribution in [0.4, 0.5) is 5.69 Å². The molecule has 0 atom stereocenters. The molecule has 0 unspecified atom stereocenters. The second-order valence-corrected chi connectivity index (χ2v) is 5.74. The Kier molecular flexibility index (Phi) is 3.47. The van der Waals surface area contributed by atoms with Gasteiger partial charge in [0.15, 0.2) is 0 Å². The van der Waals surface area contributed by atoms with E-state index >= 15 is 0 Å². The van der Waals surface area contributed by atoms with Gasteiger partial charge in [0.1, 0.15) is 5.75 Å². The molecule has 1 aromatic heterocycles. The minimum Gasteiger partial charge on any atom is -0.438 e. The molecule has 0 radical (unpaired) electrons. The van der Waals surface area contributed by atoms with Crippen LogP contribution in [0.5, 0.6) is 11.6 Å². The molecule has 3 heteroatoms. The van der Waals surface area contributed by atoms with Crippen molar-refractivity contribution >= 4 is 5.69 Å². The number of hydrogen-bond donors (Lipinski definition) is 1. The summed E-state index contributed by atoms with van der Waals surface area (Å²) in [6, 6.07) is 9.91. The van der Waals surface area contributed by atoms with E-state index < -0.39 is 0 Å². The Morgan fingerprint density at radius 1 is 1.16 bits per heavy atom. The molecule has 0 bridgehead atoms. The third kappa shape index (κ3) is 3.05. The Morgan fingerprint density at radius 2 is 1.84 bits per heavy atom. The van der Waals surface area contributed by atoms with Crippen LogP contribution in [0.15, 0.2) is 36.5 Å².